The molecule has 0 saturated carbocycles. The highest BCUT2D eigenvalue weighted by atomic mass is 79.9. The van der Waals surface area contributed by atoms with Crippen LogP contribution in [0.15, 0.2) is 59.2 Å². The molecule has 2 aromatic carbocycles. The van der Waals surface area contributed by atoms with E-state index in [1.54, 1.807) is 12.3 Å². The molecule has 0 aliphatic rings. The number of anilines is 1. The highest BCUT2D eigenvalue weighted by molar-refractivity contribution is 9.10. The van der Waals surface area contributed by atoms with Gasteiger partial charge in [-0.2, -0.15) is 5.10 Å². The van der Waals surface area contributed by atoms with Gasteiger partial charge in [0.2, 0.25) is 0 Å². The zero-order valence-electron chi connectivity index (χ0n) is 11.2. The maximum Gasteiger partial charge on any atom is 0.120 e. The van der Waals surface area contributed by atoms with Gasteiger partial charge in [0.25, 0.3) is 0 Å². The molecule has 106 valence electrons. The van der Waals surface area contributed by atoms with E-state index in [0.717, 1.165) is 27.0 Å². The van der Waals surface area contributed by atoms with Crippen LogP contribution in [0.2, 0.25) is 0 Å². The Kier molecular flexibility index (Phi) is 3.92. The van der Waals surface area contributed by atoms with Gasteiger partial charge in [-0.1, -0.05) is 28.1 Å². The quantitative estimate of drug-likeness (QED) is 0.666. The van der Waals surface area contributed by atoms with Gasteiger partial charge in [-0.15, -0.1) is 0 Å². The van der Waals surface area contributed by atoms with Crippen molar-refractivity contribution in [3.05, 3.63) is 64.8 Å². The number of nitrogens with one attached hydrogen (secondary N) is 2. The molecule has 3 N–H and O–H groups in total. The van der Waals surface area contributed by atoms with E-state index in [1.165, 1.54) is 0 Å². The number of rotatable bonds is 4. The number of hydrogen-bond donors (Lipinski definition) is 3. The number of nitrogens with zero attached hydrogens (tertiary/aromatic N) is 1. The molecule has 5 heteroatoms. The Hall–Kier alpha value is -2.27. The number of phenolic OH excluding ortho intramolecular Hbond substituents is 1. The minimum Gasteiger partial charge on any atom is -0.508 e. The Balaban J connectivity index is 1.70. The molecule has 0 amide bonds. The van der Waals surface area contributed by atoms with Crippen LogP contribution in [0.25, 0.3) is 11.3 Å². The summed E-state index contributed by atoms with van der Waals surface area (Å²) in [5.41, 5.74) is 3.93. The Morgan fingerprint density at radius 3 is 2.62 bits per heavy atom. The minimum atomic E-state index is 0.291. The van der Waals surface area contributed by atoms with Crippen molar-refractivity contribution in [1.29, 1.82) is 0 Å². The lowest BCUT2D eigenvalue weighted by molar-refractivity contribution is 0.469. The van der Waals surface area contributed by atoms with Crippen LogP contribution < -0.4 is 5.32 Å². The molecule has 0 saturated heterocycles. The van der Waals surface area contributed by atoms with E-state index >= 15 is 0 Å². The van der Waals surface area contributed by atoms with Crippen LogP contribution in [-0.4, -0.2) is 15.3 Å². The standard InChI is InChI=1S/C16H14BrN3O/c17-13-3-6-16(21)12(9-13)10-18-14-4-1-11(2-5-14)15-7-8-19-20-15/h1-9,18,21H,10H2,(H,19,20). The monoisotopic (exact) mass is 343 g/mol. The number of hydrogen-bond acceptors (Lipinski definition) is 3. The first-order valence-corrected chi connectivity index (χ1v) is 7.33. The van der Waals surface area contributed by atoms with Gasteiger partial charge in [0.15, 0.2) is 0 Å². The van der Waals surface area contributed by atoms with Crippen molar-refractivity contribution in [3.8, 4) is 17.0 Å². The van der Waals surface area contributed by atoms with Gasteiger partial charge < -0.3 is 10.4 Å². The van der Waals surface area contributed by atoms with E-state index in [2.05, 4.69) is 31.4 Å². The van der Waals surface area contributed by atoms with Crippen LogP contribution in [-0.2, 0) is 6.54 Å². The summed E-state index contributed by atoms with van der Waals surface area (Å²) >= 11 is 3.41. The summed E-state index contributed by atoms with van der Waals surface area (Å²) in [7, 11) is 0. The predicted molar refractivity (Wildman–Crippen MR) is 87.2 cm³/mol. The number of phenols is 1. The summed E-state index contributed by atoms with van der Waals surface area (Å²) in [5, 5.41) is 20.0. The van der Waals surface area contributed by atoms with Gasteiger partial charge in [0.05, 0.1) is 5.69 Å². The van der Waals surface area contributed by atoms with Crippen molar-refractivity contribution in [1.82, 2.24) is 10.2 Å². The first kappa shape index (κ1) is 13.7. The van der Waals surface area contributed by atoms with Crippen molar-refractivity contribution in [2.45, 2.75) is 6.54 Å². The second kappa shape index (κ2) is 6.01. The lowest BCUT2D eigenvalue weighted by atomic mass is 10.1. The molecule has 0 radical (unpaired) electrons. The van der Waals surface area contributed by atoms with Gasteiger partial charge >= 0.3 is 0 Å². The van der Waals surface area contributed by atoms with Crippen molar-refractivity contribution in [2.75, 3.05) is 5.32 Å². The number of halogens is 1. The summed E-state index contributed by atoms with van der Waals surface area (Å²) in [5.74, 6) is 0.291. The van der Waals surface area contributed by atoms with E-state index in [0.29, 0.717) is 12.3 Å². The lowest BCUT2D eigenvalue weighted by Gasteiger charge is -2.09. The average molecular weight is 344 g/mol. The van der Waals surface area contributed by atoms with E-state index in [9.17, 15) is 5.11 Å². The van der Waals surface area contributed by atoms with Gasteiger partial charge in [0.1, 0.15) is 5.75 Å². The third kappa shape index (κ3) is 3.25. The first-order valence-electron chi connectivity index (χ1n) is 6.53. The van der Waals surface area contributed by atoms with Gasteiger partial charge in [-0.3, -0.25) is 5.10 Å². The Morgan fingerprint density at radius 1 is 1.10 bits per heavy atom. The van der Waals surface area contributed by atoms with E-state index in [1.807, 2.05) is 42.5 Å². The van der Waals surface area contributed by atoms with Gasteiger partial charge in [-0.25, -0.2) is 0 Å². The number of H-pyrrole nitrogens is 1. The van der Waals surface area contributed by atoms with Crippen LogP contribution in [0.4, 0.5) is 5.69 Å². The topological polar surface area (TPSA) is 60.9 Å². The summed E-state index contributed by atoms with van der Waals surface area (Å²) < 4.78 is 0.951. The Morgan fingerprint density at radius 2 is 1.90 bits per heavy atom. The molecule has 0 atom stereocenters. The molecule has 3 rings (SSSR count). The molecule has 0 aliphatic carbocycles. The second-order valence-electron chi connectivity index (χ2n) is 4.67. The maximum absolute atomic E-state index is 9.81. The fraction of sp³-hybridized carbons (Fsp3) is 0.0625. The molecule has 21 heavy (non-hydrogen) atoms. The van der Waals surface area contributed by atoms with E-state index in [4.69, 9.17) is 0 Å². The first-order chi connectivity index (χ1) is 10.2. The van der Waals surface area contributed by atoms with E-state index < -0.39 is 0 Å². The molecule has 1 heterocycles. The number of benzene rings is 2. The average Bonchev–Trinajstić information content (AvgIpc) is 3.03. The zero-order chi connectivity index (χ0) is 14.7. The smallest absolute Gasteiger partial charge is 0.120 e. The Bertz CT molecular complexity index is 724. The third-order valence-electron chi connectivity index (χ3n) is 3.22. The summed E-state index contributed by atoms with van der Waals surface area (Å²) in [6, 6.07) is 15.4. The van der Waals surface area contributed by atoms with Crippen LogP contribution in [0.1, 0.15) is 5.56 Å². The summed E-state index contributed by atoms with van der Waals surface area (Å²) in [4.78, 5) is 0. The fourth-order valence-electron chi connectivity index (χ4n) is 2.08. The lowest BCUT2D eigenvalue weighted by Crippen LogP contribution is -1.99. The SMILES string of the molecule is Oc1ccc(Br)cc1CNc1ccc(-c2ccn[nH]2)cc1. The summed E-state index contributed by atoms with van der Waals surface area (Å²) in [6.45, 7) is 0.564. The third-order valence-corrected chi connectivity index (χ3v) is 3.71. The van der Waals surface area contributed by atoms with Crippen molar-refractivity contribution < 1.29 is 5.11 Å². The Labute approximate surface area is 131 Å². The number of aromatic amines is 1. The largest absolute Gasteiger partial charge is 0.508 e. The highest BCUT2D eigenvalue weighted by Gasteiger charge is 2.03. The van der Waals surface area contributed by atoms with Crippen LogP contribution in [0, 0.1) is 0 Å². The number of aromatic hydroxyl groups is 1. The molecular weight excluding hydrogens is 330 g/mol. The zero-order valence-corrected chi connectivity index (χ0v) is 12.8. The van der Waals surface area contributed by atoms with Crippen molar-refractivity contribution in [3.63, 3.8) is 0 Å². The highest BCUT2D eigenvalue weighted by Crippen LogP contribution is 2.24. The second-order valence-corrected chi connectivity index (χ2v) is 5.59. The molecule has 0 fully saturated rings. The molecule has 0 aliphatic heterocycles. The van der Waals surface area contributed by atoms with Crippen LogP contribution in [0.5, 0.6) is 5.75 Å². The molecule has 0 unspecified atom stereocenters. The van der Waals surface area contributed by atoms with Crippen LogP contribution in [0.3, 0.4) is 0 Å². The normalized spacial score (nSPS) is 10.5. The predicted octanol–water partition coefficient (Wildman–Crippen LogP) is 4.16. The molecule has 3 aromatic rings. The summed E-state index contributed by atoms with van der Waals surface area (Å²) in [6.07, 6.45) is 1.73. The van der Waals surface area contributed by atoms with Gasteiger partial charge in [-0.05, 0) is 42.0 Å². The van der Waals surface area contributed by atoms with Crippen LogP contribution >= 0.6 is 15.9 Å². The van der Waals surface area contributed by atoms with Crippen molar-refractivity contribution >= 4 is 21.6 Å². The maximum atomic E-state index is 9.81. The number of aromatic nitrogens is 2. The molecule has 1 aromatic heterocycles. The fourth-order valence-corrected chi connectivity index (χ4v) is 2.49. The minimum absolute atomic E-state index is 0.291. The van der Waals surface area contributed by atoms with E-state index in [-0.39, 0.29) is 0 Å². The molecular formula is C16H14BrN3O. The molecule has 0 spiro atoms. The van der Waals surface area contributed by atoms with Gasteiger partial charge in [0, 0.05) is 28.5 Å². The van der Waals surface area contributed by atoms with Crippen molar-refractivity contribution in [2.24, 2.45) is 0 Å². The molecule has 0 bridgehead atoms. The molecule has 4 nitrogen and oxygen atoms in total.